The molecule has 3 rings (SSSR count). The summed E-state index contributed by atoms with van der Waals surface area (Å²) in [7, 11) is -3.05. The average molecular weight is 395 g/mol. The Morgan fingerprint density at radius 3 is 2.40 bits per heavy atom. The van der Waals surface area contributed by atoms with Crippen LogP contribution in [0.2, 0.25) is 0 Å². The highest BCUT2D eigenvalue weighted by Gasteiger charge is 2.38. The minimum absolute atomic E-state index is 0.0130. The molecule has 2 saturated heterocycles. The first kappa shape index (κ1) is 18.7. The Balaban J connectivity index is 1.77. The normalized spacial score (nSPS) is 25.1. The molecule has 0 spiro atoms. The van der Waals surface area contributed by atoms with Gasteiger partial charge in [0.05, 0.1) is 17.5 Å². The highest BCUT2D eigenvalue weighted by atomic mass is 32.2. The zero-order valence-corrected chi connectivity index (χ0v) is 15.2. The molecule has 1 amide bonds. The van der Waals surface area contributed by atoms with Gasteiger partial charge in [0, 0.05) is 17.3 Å². The van der Waals surface area contributed by atoms with Crippen LogP contribution in [0.25, 0.3) is 0 Å². The fourth-order valence-electron chi connectivity index (χ4n) is 3.55. The zero-order chi connectivity index (χ0) is 18.2. The van der Waals surface area contributed by atoms with E-state index in [1.165, 1.54) is 6.07 Å². The zero-order valence-electron chi connectivity index (χ0n) is 13.6. The number of hydrogen-bond donors (Lipinski definition) is 0. The van der Waals surface area contributed by atoms with Crippen molar-refractivity contribution >= 4 is 27.1 Å². The van der Waals surface area contributed by atoms with Crippen LogP contribution in [-0.2, 0) is 20.8 Å². The quantitative estimate of drug-likeness (QED) is 0.768. The summed E-state index contributed by atoms with van der Waals surface area (Å²) in [6, 6.07) is 2.21. The number of halogens is 3. The molecule has 4 nitrogen and oxygen atoms in total. The average Bonchev–Trinajstić information content (AvgIpc) is 3.04. The van der Waals surface area contributed by atoms with Gasteiger partial charge in [0.1, 0.15) is 14.7 Å². The summed E-state index contributed by atoms with van der Waals surface area (Å²) in [5.41, 5.74) is 0. The number of hydrogen-bond acceptors (Lipinski definition) is 4. The van der Waals surface area contributed by atoms with Gasteiger partial charge in [-0.05, 0) is 44.2 Å². The van der Waals surface area contributed by atoms with Gasteiger partial charge in [-0.2, -0.15) is 13.2 Å². The number of piperidine rings is 1. The predicted octanol–water partition coefficient (Wildman–Crippen LogP) is 3.65. The molecule has 0 N–H and O–H groups in total. The molecule has 0 aromatic carbocycles. The number of alkyl halides is 3. The first-order valence-corrected chi connectivity index (χ1v) is 11.0. The van der Waals surface area contributed by atoms with Crippen molar-refractivity contribution in [1.29, 1.82) is 0 Å². The van der Waals surface area contributed by atoms with E-state index in [0.717, 1.165) is 18.9 Å². The Kier molecular flexibility index (Phi) is 5.16. The van der Waals surface area contributed by atoms with Crippen LogP contribution >= 0.6 is 11.3 Å². The maximum absolute atomic E-state index is 12.9. The van der Waals surface area contributed by atoms with Crippen LogP contribution in [0, 0.1) is 5.92 Å². The lowest BCUT2D eigenvalue weighted by molar-refractivity contribution is -0.139. The number of sulfone groups is 1. The van der Waals surface area contributed by atoms with Crippen molar-refractivity contribution in [3.8, 4) is 0 Å². The molecule has 9 heteroatoms. The number of amides is 1. The van der Waals surface area contributed by atoms with Gasteiger partial charge in [0.15, 0.2) is 0 Å². The third-order valence-electron chi connectivity index (χ3n) is 4.92. The van der Waals surface area contributed by atoms with Crippen LogP contribution in [0.15, 0.2) is 12.1 Å². The van der Waals surface area contributed by atoms with Crippen LogP contribution < -0.4 is 0 Å². The summed E-state index contributed by atoms with van der Waals surface area (Å²) in [5, 5.41) is 0. The molecule has 1 unspecified atom stereocenters. The lowest BCUT2D eigenvalue weighted by Crippen LogP contribution is -2.43. The molecule has 0 saturated carbocycles. The van der Waals surface area contributed by atoms with Crippen molar-refractivity contribution in [3.05, 3.63) is 21.9 Å². The first-order valence-electron chi connectivity index (χ1n) is 8.35. The third-order valence-corrected chi connectivity index (χ3v) is 7.87. The molecule has 0 aliphatic carbocycles. The van der Waals surface area contributed by atoms with Gasteiger partial charge in [0.25, 0.3) is 0 Å². The largest absolute Gasteiger partial charge is 0.425 e. The van der Waals surface area contributed by atoms with E-state index in [1.807, 2.05) is 0 Å². The Hall–Kier alpha value is -1.09. The molecule has 2 aliphatic heterocycles. The van der Waals surface area contributed by atoms with Gasteiger partial charge in [-0.3, -0.25) is 4.79 Å². The topological polar surface area (TPSA) is 54.5 Å². The van der Waals surface area contributed by atoms with E-state index in [-0.39, 0.29) is 29.4 Å². The lowest BCUT2D eigenvalue weighted by Gasteiger charge is -2.38. The van der Waals surface area contributed by atoms with Crippen molar-refractivity contribution in [1.82, 2.24) is 4.90 Å². The van der Waals surface area contributed by atoms with Gasteiger partial charge < -0.3 is 4.90 Å². The van der Waals surface area contributed by atoms with E-state index < -0.39 is 20.9 Å². The number of likely N-dealkylation sites (tertiary alicyclic amines) is 1. The van der Waals surface area contributed by atoms with Crippen molar-refractivity contribution in [2.24, 2.45) is 5.92 Å². The molecule has 0 bridgehead atoms. The summed E-state index contributed by atoms with van der Waals surface area (Å²) < 4.78 is 61.7. The number of thiophene rings is 1. The highest BCUT2D eigenvalue weighted by Crippen LogP contribution is 2.41. The van der Waals surface area contributed by atoms with Crippen LogP contribution in [0.4, 0.5) is 13.2 Å². The highest BCUT2D eigenvalue weighted by molar-refractivity contribution is 7.91. The van der Waals surface area contributed by atoms with E-state index >= 15 is 0 Å². The number of nitrogens with zero attached hydrogens (tertiary/aromatic N) is 1. The Morgan fingerprint density at radius 1 is 1.12 bits per heavy atom. The van der Waals surface area contributed by atoms with Crippen LogP contribution in [0.3, 0.4) is 0 Å². The molecule has 3 heterocycles. The minimum atomic E-state index is -4.37. The second-order valence-corrected chi connectivity index (χ2v) is 10.1. The van der Waals surface area contributed by atoms with E-state index in [9.17, 15) is 26.4 Å². The van der Waals surface area contributed by atoms with Gasteiger partial charge in [0.2, 0.25) is 5.91 Å². The Morgan fingerprint density at radius 2 is 1.80 bits per heavy atom. The number of rotatable bonds is 2. The molecule has 25 heavy (non-hydrogen) atoms. The Labute approximate surface area is 148 Å². The second kappa shape index (κ2) is 6.90. The molecule has 2 aliphatic rings. The van der Waals surface area contributed by atoms with E-state index in [2.05, 4.69) is 0 Å². The van der Waals surface area contributed by atoms with E-state index in [0.29, 0.717) is 42.0 Å². The lowest BCUT2D eigenvalue weighted by atomic mass is 9.95. The predicted molar refractivity (Wildman–Crippen MR) is 89.0 cm³/mol. The fraction of sp³-hybridized carbons (Fsp3) is 0.688. The van der Waals surface area contributed by atoms with Crippen molar-refractivity contribution in [2.75, 3.05) is 18.1 Å². The molecule has 1 aromatic heterocycles. The third kappa shape index (κ3) is 4.19. The Bertz CT molecular complexity index is 728. The standard InChI is InChI=1S/C16H20F3NO3S2/c17-16(18,19)14-5-4-13(24-14)12-3-1-2-8-20(12)15(21)11-6-9-25(22,23)10-7-11/h4-5,11-12H,1-3,6-10H2. The van der Waals surface area contributed by atoms with Crippen LogP contribution in [-0.4, -0.2) is 37.3 Å². The van der Waals surface area contributed by atoms with E-state index in [1.54, 1.807) is 4.90 Å². The summed E-state index contributed by atoms with van der Waals surface area (Å²) in [4.78, 5) is 14.5. The smallest absolute Gasteiger partial charge is 0.335 e. The first-order chi connectivity index (χ1) is 11.7. The van der Waals surface area contributed by atoms with Crippen molar-refractivity contribution in [2.45, 2.75) is 44.3 Å². The van der Waals surface area contributed by atoms with Crippen molar-refractivity contribution in [3.63, 3.8) is 0 Å². The number of carbonyl (C=O) groups is 1. The molecule has 1 atom stereocenters. The van der Waals surface area contributed by atoms with Crippen LogP contribution in [0.1, 0.15) is 47.9 Å². The summed E-state index contributed by atoms with van der Waals surface area (Å²) >= 11 is 0.699. The fourth-order valence-corrected chi connectivity index (χ4v) is 6.06. The molecule has 140 valence electrons. The summed E-state index contributed by atoms with van der Waals surface area (Å²) in [6.07, 6.45) is -1.42. The second-order valence-electron chi connectivity index (χ2n) is 6.67. The summed E-state index contributed by atoms with van der Waals surface area (Å²) in [5.74, 6) is -0.425. The molecular formula is C16H20F3NO3S2. The van der Waals surface area contributed by atoms with Gasteiger partial charge in [-0.25, -0.2) is 8.42 Å². The SMILES string of the molecule is O=C(C1CCS(=O)(=O)CC1)N1CCCCC1c1ccc(C(F)(F)F)s1. The van der Waals surface area contributed by atoms with Gasteiger partial charge in [-0.1, -0.05) is 0 Å². The maximum atomic E-state index is 12.9. The molecule has 1 aromatic rings. The van der Waals surface area contributed by atoms with E-state index in [4.69, 9.17) is 0 Å². The summed E-state index contributed by atoms with van der Waals surface area (Å²) in [6.45, 7) is 0.520. The molecular weight excluding hydrogens is 375 g/mol. The van der Waals surface area contributed by atoms with Crippen LogP contribution in [0.5, 0.6) is 0 Å². The van der Waals surface area contributed by atoms with Gasteiger partial charge in [-0.15, -0.1) is 11.3 Å². The maximum Gasteiger partial charge on any atom is 0.425 e. The minimum Gasteiger partial charge on any atom is -0.335 e. The monoisotopic (exact) mass is 395 g/mol. The molecule has 0 radical (unpaired) electrons. The molecule has 2 fully saturated rings. The van der Waals surface area contributed by atoms with Crippen molar-refractivity contribution < 1.29 is 26.4 Å². The number of carbonyl (C=O) groups excluding carboxylic acids is 1. The van der Waals surface area contributed by atoms with Gasteiger partial charge >= 0.3 is 6.18 Å².